The van der Waals surface area contributed by atoms with Crippen LogP contribution in [0, 0.1) is 3.57 Å². The number of hydrogen-bond donors (Lipinski definition) is 1. The monoisotopic (exact) mass is 391 g/mol. The molecule has 1 aromatic heterocycles. The number of nitrogens with one attached hydrogen (secondary N) is 1. The summed E-state index contributed by atoms with van der Waals surface area (Å²) in [7, 11) is 0. The Hall–Kier alpha value is -1.33. The van der Waals surface area contributed by atoms with E-state index in [1.54, 1.807) is 0 Å². The fraction of sp³-hybridized carbons (Fsp3) is 0.222. The van der Waals surface area contributed by atoms with E-state index in [0.717, 1.165) is 29.7 Å². The van der Waals surface area contributed by atoms with Gasteiger partial charge in [0.25, 0.3) is 0 Å². The highest BCUT2D eigenvalue weighted by Gasteiger charge is 2.18. The van der Waals surface area contributed by atoms with Gasteiger partial charge in [0.2, 0.25) is 0 Å². The molecule has 0 bridgehead atoms. The summed E-state index contributed by atoms with van der Waals surface area (Å²) in [5, 5.41) is 4.75. The molecule has 2 nitrogen and oxygen atoms in total. The van der Waals surface area contributed by atoms with Crippen molar-refractivity contribution in [3.8, 4) is 0 Å². The van der Waals surface area contributed by atoms with Gasteiger partial charge < -0.3 is 9.73 Å². The van der Waals surface area contributed by atoms with Crippen LogP contribution in [0.1, 0.15) is 30.7 Å². The first-order valence-corrected chi connectivity index (χ1v) is 8.33. The van der Waals surface area contributed by atoms with E-state index < -0.39 is 0 Å². The first kappa shape index (κ1) is 14.6. The Balaban J connectivity index is 2.02. The molecule has 1 N–H and O–H groups in total. The highest BCUT2D eigenvalue weighted by atomic mass is 127. The average Bonchev–Trinajstić information content (AvgIpc) is 2.91. The smallest absolute Gasteiger partial charge is 0.134 e. The third-order valence-electron chi connectivity index (χ3n) is 3.51. The van der Waals surface area contributed by atoms with E-state index in [-0.39, 0.29) is 6.04 Å². The number of benzene rings is 2. The van der Waals surface area contributed by atoms with Crippen LogP contribution in [0.4, 0.5) is 0 Å². The number of para-hydroxylation sites is 1. The maximum atomic E-state index is 6.06. The van der Waals surface area contributed by atoms with E-state index in [4.69, 9.17) is 4.42 Å². The van der Waals surface area contributed by atoms with Crippen LogP contribution in [0.15, 0.2) is 59.0 Å². The van der Waals surface area contributed by atoms with Gasteiger partial charge in [-0.3, -0.25) is 0 Å². The maximum absolute atomic E-state index is 6.06. The summed E-state index contributed by atoms with van der Waals surface area (Å²) in [4.78, 5) is 0. The van der Waals surface area contributed by atoms with Crippen LogP contribution in [0.3, 0.4) is 0 Å². The molecule has 0 aliphatic heterocycles. The van der Waals surface area contributed by atoms with Crippen molar-refractivity contribution in [3.63, 3.8) is 0 Å². The molecule has 1 atom stereocenters. The fourth-order valence-electron chi connectivity index (χ4n) is 2.50. The highest BCUT2D eigenvalue weighted by Crippen LogP contribution is 2.29. The van der Waals surface area contributed by atoms with Crippen molar-refractivity contribution in [3.05, 3.63) is 69.5 Å². The van der Waals surface area contributed by atoms with E-state index in [2.05, 4.69) is 71.2 Å². The van der Waals surface area contributed by atoms with E-state index >= 15 is 0 Å². The molecule has 108 valence electrons. The van der Waals surface area contributed by atoms with Crippen LogP contribution in [0.25, 0.3) is 11.0 Å². The van der Waals surface area contributed by atoms with Gasteiger partial charge in [-0.05, 0) is 65.4 Å². The molecule has 0 fully saturated rings. The number of hydrogen-bond acceptors (Lipinski definition) is 2. The van der Waals surface area contributed by atoms with Crippen LogP contribution in [0.2, 0.25) is 0 Å². The molecule has 1 heterocycles. The van der Waals surface area contributed by atoms with Crippen molar-refractivity contribution in [1.82, 2.24) is 5.32 Å². The van der Waals surface area contributed by atoms with Crippen molar-refractivity contribution in [2.24, 2.45) is 0 Å². The standard InChI is InChI=1S/C18H18INO/c1-2-10-20-18(14-7-5-8-15(19)11-14)17-12-13-6-3-4-9-16(13)21-17/h3-9,11-12,18,20H,2,10H2,1H3. The minimum atomic E-state index is 0.104. The summed E-state index contributed by atoms with van der Waals surface area (Å²) in [6, 6.07) is 19.0. The molecule has 0 radical (unpaired) electrons. The van der Waals surface area contributed by atoms with Gasteiger partial charge in [-0.2, -0.15) is 0 Å². The molecule has 3 heteroatoms. The van der Waals surface area contributed by atoms with Crippen molar-refractivity contribution in [2.75, 3.05) is 6.54 Å². The lowest BCUT2D eigenvalue weighted by Gasteiger charge is -2.17. The van der Waals surface area contributed by atoms with Crippen molar-refractivity contribution in [2.45, 2.75) is 19.4 Å². The summed E-state index contributed by atoms with van der Waals surface area (Å²) in [5.41, 5.74) is 2.19. The Kier molecular flexibility index (Phi) is 4.60. The molecule has 0 aliphatic rings. The van der Waals surface area contributed by atoms with E-state index in [0.29, 0.717) is 0 Å². The number of furan rings is 1. The summed E-state index contributed by atoms with van der Waals surface area (Å²) >= 11 is 2.35. The van der Waals surface area contributed by atoms with Crippen LogP contribution < -0.4 is 5.32 Å². The molecule has 3 rings (SSSR count). The lowest BCUT2D eigenvalue weighted by Crippen LogP contribution is -2.22. The summed E-state index contributed by atoms with van der Waals surface area (Å²) in [5.74, 6) is 0.978. The van der Waals surface area contributed by atoms with Gasteiger partial charge in [-0.1, -0.05) is 37.3 Å². The zero-order valence-electron chi connectivity index (χ0n) is 12.0. The molecule has 0 saturated carbocycles. The normalized spacial score (nSPS) is 12.7. The Morgan fingerprint density at radius 3 is 2.71 bits per heavy atom. The lowest BCUT2D eigenvalue weighted by molar-refractivity contribution is 0.469. The van der Waals surface area contributed by atoms with Crippen molar-refractivity contribution < 1.29 is 4.42 Å². The van der Waals surface area contributed by atoms with E-state index in [1.165, 1.54) is 9.13 Å². The Morgan fingerprint density at radius 2 is 1.95 bits per heavy atom. The predicted molar refractivity (Wildman–Crippen MR) is 95.5 cm³/mol. The number of rotatable bonds is 5. The van der Waals surface area contributed by atoms with Gasteiger partial charge in [0.05, 0.1) is 6.04 Å². The van der Waals surface area contributed by atoms with Gasteiger partial charge in [0, 0.05) is 8.96 Å². The second kappa shape index (κ2) is 6.62. The number of fused-ring (bicyclic) bond motifs is 1. The van der Waals surface area contributed by atoms with E-state index in [1.807, 2.05) is 18.2 Å². The van der Waals surface area contributed by atoms with Crippen LogP contribution >= 0.6 is 22.6 Å². The molecule has 21 heavy (non-hydrogen) atoms. The first-order chi connectivity index (χ1) is 10.3. The zero-order chi connectivity index (χ0) is 14.7. The SMILES string of the molecule is CCCNC(c1cccc(I)c1)c1cc2ccccc2o1. The summed E-state index contributed by atoms with van der Waals surface area (Å²) < 4.78 is 7.30. The lowest BCUT2D eigenvalue weighted by atomic mass is 10.0. The molecule has 2 aromatic carbocycles. The molecule has 0 aliphatic carbocycles. The first-order valence-electron chi connectivity index (χ1n) is 7.25. The minimum absolute atomic E-state index is 0.104. The third kappa shape index (κ3) is 3.30. The van der Waals surface area contributed by atoms with Crippen molar-refractivity contribution in [1.29, 1.82) is 0 Å². The van der Waals surface area contributed by atoms with Crippen LogP contribution in [0.5, 0.6) is 0 Å². The number of halogens is 1. The summed E-state index contributed by atoms with van der Waals surface area (Å²) in [6.45, 7) is 3.14. The Bertz CT molecular complexity index is 702. The van der Waals surface area contributed by atoms with Crippen LogP contribution in [-0.2, 0) is 0 Å². The third-order valence-corrected chi connectivity index (χ3v) is 4.18. The van der Waals surface area contributed by atoms with Gasteiger partial charge in [0.1, 0.15) is 11.3 Å². The molecular weight excluding hydrogens is 373 g/mol. The van der Waals surface area contributed by atoms with Crippen molar-refractivity contribution >= 4 is 33.6 Å². The zero-order valence-corrected chi connectivity index (χ0v) is 14.1. The van der Waals surface area contributed by atoms with Gasteiger partial charge in [-0.15, -0.1) is 0 Å². The Labute approximate surface area is 138 Å². The molecule has 0 spiro atoms. The molecule has 3 aromatic rings. The maximum Gasteiger partial charge on any atom is 0.134 e. The molecule has 0 saturated heterocycles. The average molecular weight is 391 g/mol. The van der Waals surface area contributed by atoms with Gasteiger partial charge >= 0.3 is 0 Å². The minimum Gasteiger partial charge on any atom is -0.459 e. The fourth-order valence-corrected chi connectivity index (χ4v) is 3.07. The molecular formula is C18H18INO. The molecule has 1 unspecified atom stereocenters. The quantitative estimate of drug-likeness (QED) is 0.611. The predicted octanol–water partition coefficient (Wildman–Crippen LogP) is 5.13. The molecule has 0 amide bonds. The second-order valence-corrected chi connectivity index (χ2v) is 6.37. The topological polar surface area (TPSA) is 25.2 Å². The Morgan fingerprint density at radius 1 is 1.10 bits per heavy atom. The largest absolute Gasteiger partial charge is 0.459 e. The van der Waals surface area contributed by atoms with Gasteiger partial charge in [0.15, 0.2) is 0 Å². The second-order valence-electron chi connectivity index (χ2n) is 5.13. The highest BCUT2D eigenvalue weighted by molar-refractivity contribution is 14.1. The van der Waals surface area contributed by atoms with Crippen LogP contribution in [-0.4, -0.2) is 6.54 Å². The summed E-state index contributed by atoms with van der Waals surface area (Å²) in [6.07, 6.45) is 1.10. The van der Waals surface area contributed by atoms with E-state index in [9.17, 15) is 0 Å². The van der Waals surface area contributed by atoms with Gasteiger partial charge in [-0.25, -0.2) is 0 Å².